The second-order valence-corrected chi connectivity index (χ2v) is 4.73. The van der Waals surface area contributed by atoms with Crippen molar-refractivity contribution < 1.29 is 11.3 Å². The molecule has 0 radical (unpaired) electrons. The highest BCUT2D eigenvalue weighted by atomic mass is 16.4. The quantitative estimate of drug-likeness (QED) is 0.821. The molecule has 3 nitrogen and oxygen atoms in total. The van der Waals surface area contributed by atoms with Crippen LogP contribution in [0.15, 0.2) is 24.3 Å². The molecule has 0 aliphatic carbocycles. The molecule has 0 spiro atoms. The van der Waals surface area contributed by atoms with Gasteiger partial charge in [0.15, 0.2) is 0 Å². The van der Waals surface area contributed by atoms with Gasteiger partial charge in [0.25, 0.3) is 0 Å². The van der Waals surface area contributed by atoms with Crippen LogP contribution in [0.2, 0.25) is 0 Å². The maximum Gasteiger partial charge on any atom is 0.320 e. The van der Waals surface area contributed by atoms with E-state index >= 15 is 0 Å². The normalized spacial score (nSPS) is 14.3. The van der Waals surface area contributed by atoms with Crippen molar-refractivity contribution in [1.29, 1.82) is 0 Å². The highest BCUT2D eigenvalue weighted by molar-refractivity contribution is 5.73. The summed E-state index contributed by atoms with van der Waals surface area (Å²) in [5, 5.41) is 8.72. The first kappa shape index (κ1) is 11.1. The molecule has 3 N–H and O–H groups in total. The largest absolute Gasteiger partial charge is 0.480 e. The zero-order chi connectivity index (χ0) is 13.1. The number of nitrogens with two attached hydrogens (primary N) is 1. The van der Waals surface area contributed by atoms with Gasteiger partial charge in [0, 0.05) is 1.37 Å². The Bertz CT molecular complexity index is 387. The van der Waals surface area contributed by atoms with Crippen LogP contribution in [0.4, 0.5) is 0 Å². The molecule has 0 fully saturated rings. The van der Waals surface area contributed by atoms with Crippen LogP contribution in [0.1, 0.15) is 33.2 Å². The Balaban J connectivity index is 2.78. The number of hydrogen-bond donors (Lipinski definition) is 2. The Morgan fingerprint density at radius 3 is 2.50 bits per heavy atom. The van der Waals surface area contributed by atoms with Gasteiger partial charge in [-0.2, -0.15) is 0 Å². The van der Waals surface area contributed by atoms with E-state index in [2.05, 4.69) is 0 Å². The van der Waals surface area contributed by atoms with Crippen molar-refractivity contribution in [1.82, 2.24) is 0 Å². The van der Waals surface area contributed by atoms with Crippen molar-refractivity contribution in [2.24, 2.45) is 5.73 Å². The molecule has 0 saturated heterocycles. The van der Waals surface area contributed by atoms with Gasteiger partial charge in [-0.25, -0.2) is 0 Å². The third kappa shape index (κ3) is 3.35. The molecule has 0 aliphatic heterocycles. The molecule has 0 aromatic heterocycles. The number of benzene rings is 1. The predicted molar refractivity (Wildman–Crippen MR) is 64.5 cm³/mol. The van der Waals surface area contributed by atoms with Crippen molar-refractivity contribution >= 4 is 5.97 Å². The average molecular weight is 222 g/mol. The second-order valence-electron chi connectivity index (χ2n) is 4.73. The fraction of sp³-hybridized carbons (Fsp3) is 0.462. The number of hydrogen-bond acceptors (Lipinski definition) is 2. The fourth-order valence-corrected chi connectivity index (χ4v) is 1.43. The Hall–Kier alpha value is -1.35. The van der Waals surface area contributed by atoms with Crippen molar-refractivity contribution in [2.75, 3.05) is 0 Å². The summed E-state index contributed by atoms with van der Waals surface area (Å²) >= 11 is 0. The first-order valence-corrected chi connectivity index (χ1v) is 5.24. The summed E-state index contributed by atoms with van der Waals surface area (Å²) in [5.74, 6) is -0.986. The molecule has 0 saturated carbocycles. The molecule has 1 atom stereocenters. The van der Waals surface area contributed by atoms with Gasteiger partial charge >= 0.3 is 5.97 Å². The summed E-state index contributed by atoms with van der Waals surface area (Å²) in [7, 11) is 0. The first-order chi connectivity index (χ1) is 7.86. The van der Waals surface area contributed by atoms with Gasteiger partial charge < -0.3 is 10.8 Å². The second kappa shape index (κ2) is 4.66. The van der Waals surface area contributed by atoms with E-state index in [0.717, 1.165) is 11.1 Å². The van der Waals surface area contributed by atoms with Crippen LogP contribution >= 0.6 is 0 Å². The highest BCUT2D eigenvalue weighted by Gasteiger charge is 2.15. The van der Waals surface area contributed by atoms with E-state index < -0.39 is 12.0 Å². The number of carboxylic acid groups (broad SMARTS) is 1. The summed E-state index contributed by atoms with van der Waals surface area (Å²) in [4.78, 5) is 10.6. The van der Waals surface area contributed by atoms with E-state index in [1.54, 1.807) is 0 Å². The van der Waals surface area contributed by atoms with Crippen LogP contribution < -0.4 is 5.73 Å². The van der Waals surface area contributed by atoms with Crippen molar-refractivity contribution in [3.8, 4) is 0 Å². The SMILES string of the molecule is [2H]CC(C)(C)c1ccc(C[C@H](N)C(=O)O)cc1. The van der Waals surface area contributed by atoms with E-state index in [9.17, 15) is 4.79 Å². The van der Waals surface area contributed by atoms with Gasteiger partial charge in [0.05, 0.1) is 0 Å². The van der Waals surface area contributed by atoms with Gasteiger partial charge in [0.1, 0.15) is 6.04 Å². The van der Waals surface area contributed by atoms with Crippen molar-refractivity contribution in [3.63, 3.8) is 0 Å². The van der Waals surface area contributed by atoms with Crippen LogP contribution in [-0.4, -0.2) is 17.1 Å². The van der Waals surface area contributed by atoms with E-state index in [0.29, 0.717) is 13.3 Å². The lowest BCUT2D eigenvalue weighted by atomic mass is 9.86. The number of carboxylic acids is 1. The lowest BCUT2D eigenvalue weighted by Gasteiger charge is -2.19. The van der Waals surface area contributed by atoms with Gasteiger partial charge in [-0.1, -0.05) is 45.0 Å². The molecule has 0 unspecified atom stereocenters. The molecule has 0 aliphatic rings. The minimum Gasteiger partial charge on any atom is -0.480 e. The van der Waals surface area contributed by atoms with Crippen LogP contribution in [0, 0.1) is 0 Å². The molecular formula is C13H19NO2. The Morgan fingerprint density at radius 2 is 2.06 bits per heavy atom. The van der Waals surface area contributed by atoms with Crippen LogP contribution in [0.3, 0.4) is 0 Å². The molecule has 0 bridgehead atoms. The predicted octanol–water partition coefficient (Wildman–Crippen LogP) is 1.94. The highest BCUT2D eigenvalue weighted by Crippen LogP contribution is 2.22. The standard InChI is InChI=1S/C13H19NO2/c1-13(2,3)10-6-4-9(5-7-10)8-11(14)12(15)16/h4-7,11H,8,14H2,1-3H3,(H,15,16)/t11-/m0/s1/i1D. The molecule has 0 heterocycles. The summed E-state index contributed by atoms with van der Waals surface area (Å²) in [6.07, 6.45) is 0.330. The van der Waals surface area contributed by atoms with E-state index in [4.69, 9.17) is 12.2 Å². The van der Waals surface area contributed by atoms with E-state index in [-0.39, 0.29) is 5.41 Å². The molecule has 16 heavy (non-hydrogen) atoms. The molecule has 0 amide bonds. The Morgan fingerprint density at radius 1 is 1.50 bits per heavy atom. The van der Waals surface area contributed by atoms with Gasteiger partial charge in [-0.15, -0.1) is 0 Å². The average Bonchev–Trinajstić information content (AvgIpc) is 2.29. The molecular weight excluding hydrogens is 202 g/mol. The molecule has 1 rings (SSSR count). The van der Waals surface area contributed by atoms with Gasteiger partial charge in [0.2, 0.25) is 0 Å². The topological polar surface area (TPSA) is 63.3 Å². The molecule has 3 heteroatoms. The maximum atomic E-state index is 10.6. The van der Waals surface area contributed by atoms with E-state index in [1.165, 1.54) is 0 Å². The lowest BCUT2D eigenvalue weighted by molar-refractivity contribution is -0.138. The van der Waals surface area contributed by atoms with Crippen LogP contribution in [0.5, 0.6) is 0 Å². The number of aliphatic carboxylic acids is 1. The number of rotatable bonds is 3. The Labute approximate surface area is 97.7 Å². The maximum absolute atomic E-state index is 10.6. The molecule has 88 valence electrons. The van der Waals surface area contributed by atoms with Crippen LogP contribution in [-0.2, 0) is 16.6 Å². The van der Waals surface area contributed by atoms with Gasteiger partial charge in [-0.05, 0) is 23.0 Å². The van der Waals surface area contributed by atoms with Crippen molar-refractivity contribution in [2.45, 2.75) is 38.6 Å². The summed E-state index contributed by atoms with van der Waals surface area (Å²) in [6, 6.07) is 6.80. The molecule has 1 aromatic rings. The smallest absolute Gasteiger partial charge is 0.320 e. The first-order valence-electron chi connectivity index (χ1n) is 5.94. The zero-order valence-corrected chi connectivity index (χ0v) is 9.73. The third-order valence-corrected chi connectivity index (χ3v) is 2.51. The minimum atomic E-state index is -0.986. The lowest BCUT2D eigenvalue weighted by Crippen LogP contribution is -2.32. The van der Waals surface area contributed by atoms with E-state index in [1.807, 2.05) is 38.1 Å². The summed E-state index contributed by atoms with van der Waals surface area (Å²) < 4.78 is 7.47. The van der Waals surface area contributed by atoms with Gasteiger partial charge in [-0.3, -0.25) is 4.79 Å². The minimum absolute atomic E-state index is 0.173. The Kier molecular flexibility index (Phi) is 3.25. The number of carbonyl (C=O) groups is 1. The fourth-order valence-electron chi connectivity index (χ4n) is 1.43. The summed E-state index contributed by atoms with van der Waals surface area (Å²) in [6.45, 7) is 4.34. The summed E-state index contributed by atoms with van der Waals surface area (Å²) in [5.41, 5.74) is 7.29. The third-order valence-electron chi connectivity index (χ3n) is 2.51. The van der Waals surface area contributed by atoms with Crippen LogP contribution in [0.25, 0.3) is 0 Å². The monoisotopic (exact) mass is 222 g/mol. The molecule has 1 aromatic carbocycles. The van der Waals surface area contributed by atoms with Crippen molar-refractivity contribution in [3.05, 3.63) is 35.4 Å². The zero-order valence-electron chi connectivity index (χ0n) is 10.7.